The number of amides is 3. The van der Waals surface area contributed by atoms with E-state index in [0.717, 1.165) is 0 Å². The average Bonchev–Trinajstić information content (AvgIpc) is 2.87. The molecule has 0 atom stereocenters. The number of ether oxygens (including phenoxy) is 3. The second-order valence-electron chi connectivity index (χ2n) is 8.08. The summed E-state index contributed by atoms with van der Waals surface area (Å²) in [4.78, 5) is 32.5. The molecule has 0 spiro atoms. The lowest BCUT2D eigenvalue weighted by molar-refractivity contribution is -0.384. The molecule has 0 bridgehead atoms. The molecule has 200 valence electrons. The Bertz CT molecular complexity index is 1320. The topological polar surface area (TPSA) is 170 Å². The molecule has 1 aliphatic heterocycles. The van der Waals surface area contributed by atoms with Gasteiger partial charge in [0.25, 0.3) is 0 Å². The molecule has 0 unspecified atom stereocenters. The van der Waals surface area contributed by atoms with Crippen LogP contribution in [0.4, 0.5) is 26.4 Å². The van der Waals surface area contributed by atoms with Crippen molar-refractivity contribution >= 4 is 29.1 Å². The number of rotatable bonds is 10. The largest absolute Gasteiger partial charge is 0.488 e. The Morgan fingerprint density at radius 1 is 1.13 bits per heavy atom. The number of nitrogens with one attached hydrogen (secondary N) is 3. The zero-order chi connectivity index (χ0) is 27.2. The second kappa shape index (κ2) is 11.8. The van der Waals surface area contributed by atoms with Crippen LogP contribution in [0.3, 0.4) is 0 Å². The van der Waals surface area contributed by atoms with Crippen molar-refractivity contribution in [1.82, 2.24) is 9.97 Å². The van der Waals surface area contributed by atoms with Crippen molar-refractivity contribution in [1.29, 1.82) is 0 Å². The molecule has 1 saturated heterocycles. The van der Waals surface area contributed by atoms with E-state index >= 15 is 0 Å². The van der Waals surface area contributed by atoms with Crippen LogP contribution in [0.1, 0.15) is 36.2 Å². The molecule has 0 radical (unpaired) electrons. The van der Waals surface area contributed by atoms with Crippen molar-refractivity contribution in [3.8, 4) is 17.1 Å². The van der Waals surface area contributed by atoms with E-state index in [1.165, 1.54) is 36.4 Å². The minimum atomic E-state index is -0.797. The fourth-order valence-corrected chi connectivity index (χ4v) is 3.58. The first kappa shape index (κ1) is 26.7. The summed E-state index contributed by atoms with van der Waals surface area (Å²) in [5, 5.41) is 17.2. The van der Waals surface area contributed by atoms with Gasteiger partial charge in [-0.1, -0.05) is 0 Å². The normalized spacial score (nSPS) is 16.3. The minimum absolute atomic E-state index is 0.0794. The number of benzene rings is 2. The third-order valence-corrected chi connectivity index (χ3v) is 5.34. The SMILES string of the molecule is CCOc1c(NCCO)nc(-c2ccc(NC(=O)Nc3ccc(C(N)=O)cc3)c(F)c2)nc1C1OC(C)O1. The van der Waals surface area contributed by atoms with Crippen LogP contribution in [0.2, 0.25) is 0 Å². The summed E-state index contributed by atoms with van der Waals surface area (Å²) in [6.45, 7) is 3.89. The first-order chi connectivity index (χ1) is 18.3. The highest BCUT2D eigenvalue weighted by Crippen LogP contribution is 2.40. The maximum Gasteiger partial charge on any atom is 0.323 e. The van der Waals surface area contributed by atoms with Crippen LogP contribution in [0.5, 0.6) is 5.75 Å². The van der Waals surface area contributed by atoms with Crippen LogP contribution in [-0.2, 0) is 9.47 Å². The van der Waals surface area contributed by atoms with Crippen LogP contribution >= 0.6 is 0 Å². The number of halogens is 1. The van der Waals surface area contributed by atoms with E-state index in [2.05, 4.69) is 25.9 Å². The molecular weight excluding hydrogens is 499 g/mol. The lowest BCUT2D eigenvalue weighted by atomic mass is 10.1. The van der Waals surface area contributed by atoms with Crippen LogP contribution < -0.4 is 26.4 Å². The Hall–Kier alpha value is -4.33. The van der Waals surface area contributed by atoms with Gasteiger partial charge in [0.1, 0.15) is 11.5 Å². The monoisotopic (exact) mass is 526 g/mol. The Balaban J connectivity index is 1.56. The van der Waals surface area contributed by atoms with Gasteiger partial charge >= 0.3 is 6.03 Å². The molecule has 13 heteroatoms. The lowest BCUT2D eigenvalue weighted by Crippen LogP contribution is -2.33. The van der Waals surface area contributed by atoms with Gasteiger partial charge in [0, 0.05) is 23.4 Å². The number of urea groups is 1. The van der Waals surface area contributed by atoms with Crippen molar-refractivity contribution in [3.05, 3.63) is 59.5 Å². The van der Waals surface area contributed by atoms with E-state index in [0.29, 0.717) is 29.3 Å². The molecule has 6 N–H and O–H groups in total. The van der Waals surface area contributed by atoms with Crippen LogP contribution in [0.25, 0.3) is 11.4 Å². The Labute approximate surface area is 217 Å². The lowest BCUT2D eigenvalue weighted by Gasteiger charge is -2.34. The molecule has 0 saturated carbocycles. The number of aliphatic hydroxyl groups is 1. The van der Waals surface area contributed by atoms with Gasteiger partial charge in [0.15, 0.2) is 23.7 Å². The molecule has 3 aromatic rings. The molecule has 1 fully saturated rings. The zero-order valence-corrected chi connectivity index (χ0v) is 20.7. The van der Waals surface area contributed by atoms with Crippen molar-refractivity contribution in [3.63, 3.8) is 0 Å². The van der Waals surface area contributed by atoms with Gasteiger partial charge in [-0.15, -0.1) is 0 Å². The summed E-state index contributed by atoms with van der Waals surface area (Å²) in [7, 11) is 0. The Morgan fingerprint density at radius 3 is 2.47 bits per heavy atom. The fourth-order valence-electron chi connectivity index (χ4n) is 3.58. The van der Waals surface area contributed by atoms with E-state index in [-0.39, 0.29) is 36.0 Å². The summed E-state index contributed by atoms with van der Waals surface area (Å²) >= 11 is 0. The number of nitrogens with two attached hydrogens (primary N) is 1. The van der Waals surface area contributed by atoms with Gasteiger partial charge in [-0.05, 0) is 56.3 Å². The molecule has 1 aromatic heterocycles. The predicted octanol–water partition coefficient (Wildman–Crippen LogP) is 3.22. The summed E-state index contributed by atoms with van der Waals surface area (Å²) in [5.74, 6) is -0.571. The van der Waals surface area contributed by atoms with E-state index in [1.807, 2.05) is 0 Å². The van der Waals surface area contributed by atoms with Crippen molar-refractivity contribution in [2.75, 3.05) is 35.7 Å². The number of nitrogens with zero attached hydrogens (tertiary/aromatic N) is 2. The molecule has 3 amide bonds. The summed E-state index contributed by atoms with van der Waals surface area (Å²) in [5.41, 5.74) is 6.44. The van der Waals surface area contributed by atoms with Crippen LogP contribution in [0, 0.1) is 5.82 Å². The number of aliphatic hydroxyl groups excluding tert-OH is 1. The molecule has 12 nitrogen and oxygen atoms in total. The standard InChI is InChI=1S/C25H27FN6O6/c1-3-36-20-19(24-37-13(2)38-24)31-22(32-23(20)28-10-11-33)15-6-9-18(17(26)12-15)30-25(35)29-16-7-4-14(5-8-16)21(27)34/h4-9,12-13,24,33H,3,10-11H2,1-2H3,(H2,27,34)(H,28,31,32)(H2,29,30,35). The number of carbonyl (C=O) groups excluding carboxylic acids is 2. The zero-order valence-electron chi connectivity index (χ0n) is 20.7. The Morgan fingerprint density at radius 2 is 1.87 bits per heavy atom. The summed E-state index contributed by atoms with van der Waals surface area (Å²) in [6, 6.07) is 9.33. The van der Waals surface area contributed by atoms with E-state index in [1.54, 1.807) is 19.9 Å². The van der Waals surface area contributed by atoms with Gasteiger partial charge in [-0.2, -0.15) is 0 Å². The Kier molecular flexibility index (Phi) is 8.31. The van der Waals surface area contributed by atoms with Crippen molar-refractivity contribution in [2.24, 2.45) is 5.73 Å². The molecule has 0 aliphatic carbocycles. The fraction of sp³-hybridized carbons (Fsp3) is 0.280. The molecule has 38 heavy (non-hydrogen) atoms. The highest BCUT2D eigenvalue weighted by molar-refractivity contribution is 6.00. The summed E-state index contributed by atoms with van der Waals surface area (Å²) < 4.78 is 31.9. The maximum absolute atomic E-state index is 15.0. The summed E-state index contributed by atoms with van der Waals surface area (Å²) in [6.07, 6.45) is -1.22. The molecule has 2 aromatic carbocycles. The van der Waals surface area contributed by atoms with E-state index in [4.69, 9.17) is 19.9 Å². The number of carbonyl (C=O) groups is 2. The van der Waals surface area contributed by atoms with Crippen molar-refractivity contribution < 1.29 is 33.3 Å². The molecule has 2 heterocycles. The number of aromatic nitrogens is 2. The number of anilines is 3. The van der Waals surface area contributed by atoms with Crippen LogP contribution in [0.15, 0.2) is 42.5 Å². The number of hydrogen-bond donors (Lipinski definition) is 5. The minimum Gasteiger partial charge on any atom is -0.488 e. The smallest absolute Gasteiger partial charge is 0.323 e. The quantitative estimate of drug-likeness (QED) is 0.266. The number of primary amides is 1. The van der Waals surface area contributed by atoms with Gasteiger partial charge in [-0.25, -0.2) is 19.2 Å². The molecular formula is C25H27FN6O6. The van der Waals surface area contributed by atoms with E-state index in [9.17, 15) is 19.1 Å². The predicted molar refractivity (Wildman–Crippen MR) is 136 cm³/mol. The third-order valence-electron chi connectivity index (χ3n) is 5.34. The van der Waals surface area contributed by atoms with Crippen LogP contribution in [-0.4, -0.2) is 53.1 Å². The first-order valence-electron chi connectivity index (χ1n) is 11.8. The highest BCUT2D eigenvalue weighted by atomic mass is 19.1. The van der Waals surface area contributed by atoms with Gasteiger partial charge in [0.2, 0.25) is 12.2 Å². The second-order valence-corrected chi connectivity index (χ2v) is 8.08. The molecule has 1 aliphatic rings. The van der Waals surface area contributed by atoms with Gasteiger partial charge in [0.05, 0.1) is 18.9 Å². The highest BCUT2D eigenvalue weighted by Gasteiger charge is 2.35. The first-order valence-corrected chi connectivity index (χ1v) is 11.8. The van der Waals surface area contributed by atoms with Gasteiger partial charge in [-0.3, -0.25) is 4.79 Å². The van der Waals surface area contributed by atoms with Crippen molar-refractivity contribution in [2.45, 2.75) is 26.4 Å². The third kappa shape index (κ3) is 6.14. The number of hydrogen-bond acceptors (Lipinski definition) is 9. The molecule has 4 rings (SSSR count). The van der Waals surface area contributed by atoms with E-state index < -0.39 is 30.3 Å². The maximum atomic E-state index is 15.0. The average molecular weight is 527 g/mol. The van der Waals surface area contributed by atoms with Gasteiger partial charge < -0.3 is 41.0 Å².